The standard InChI is InChI=1S/C22H29N5O2/c1-17(2)20(21(28)24-16-18-8-6-7-11-23-18)25-22(29)27-14-12-26(13-15-27)19-9-4-3-5-10-19/h3-11,17,20H,12-16H2,1-2H3,(H,24,28)(H,25,29). The molecule has 1 aromatic heterocycles. The predicted octanol–water partition coefficient (Wildman–Crippen LogP) is 2.25. The number of aromatic nitrogens is 1. The van der Waals surface area contributed by atoms with Gasteiger partial charge in [-0.15, -0.1) is 0 Å². The topological polar surface area (TPSA) is 77.6 Å². The van der Waals surface area contributed by atoms with Crippen LogP contribution in [-0.2, 0) is 11.3 Å². The van der Waals surface area contributed by atoms with Crippen LogP contribution in [-0.4, -0.2) is 54.0 Å². The van der Waals surface area contributed by atoms with Crippen LogP contribution in [0, 0.1) is 5.92 Å². The number of amides is 3. The lowest BCUT2D eigenvalue weighted by molar-refractivity contribution is -0.124. The van der Waals surface area contributed by atoms with Crippen molar-refractivity contribution in [3.8, 4) is 0 Å². The fourth-order valence-electron chi connectivity index (χ4n) is 3.36. The van der Waals surface area contributed by atoms with Crippen molar-refractivity contribution in [3.63, 3.8) is 0 Å². The third-order valence-electron chi connectivity index (χ3n) is 5.09. The van der Waals surface area contributed by atoms with Gasteiger partial charge in [0.2, 0.25) is 5.91 Å². The van der Waals surface area contributed by atoms with E-state index in [1.165, 1.54) is 5.69 Å². The Morgan fingerprint density at radius 3 is 2.31 bits per heavy atom. The van der Waals surface area contributed by atoms with Gasteiger partial charge in [-0.2, -0.15) is 0 Å². The molecule has 1 atom stereocenters. The number of urea groups is 1. The van der Waals surface area contributed by atoms with Crippen molar-refractivity contribution in [1.82, 2.24) is 20.5 Å². The molecule has 7 heteroatoms. The maximum absolute atomic E-state index is 12.7. The molecule has 3 rings (SSSR count). The number of pyridine rings is 1. The van der Waals surface area contributed by atoms with Crippen molar-refractivity contribution in [3.05, 3.63) is 60.4 Å². The number of carbonyl (C=O) groups is 2. The Labute approximate surface area is 172 Å². The first-order valence-electron chi connectivity index (χ1n) is 10.1. The predicted molar refractivity (Wildman–Crippen MR) is 113 cm³/mol. The highest BCUT2D eigenvalue weighted by molar-refractivity contribution is 5.87. The van der Waals surface area contributed by atoms with Gasteiger partial charge in [0, 0.05) is 38.1 Å². The molecule has 1 aliphatic rings. The Hall–Kier alpha value is -3.09. The van der Waals surface area contributed by atoms with Gasteiger partial charge in [-0.05, 0) is 30.2 Å². The summed E-state index contributed by atoms with van der Waals surface area (Å²) in [5, 5.41) is 5.79. The van der Waals surface area contributed by atoms with Gasteiger partial charge in [0.1, 0.15) is 6.04 Å². The van der Waals surface area contributed by atoms with E-state index in [1.54, 1.807) is 11.1 Å². The lowest BCUT2D eigenvalue weighted by Gasteiger charge is -2.37. The molecule has 0 radical (unpaired) electrons. The third kappa shape index (κ3) is 5.70. The van der Waals surface area contributed by atoms with Gasteiger partial charge in [0.05, 0.1) is 12.2 Å². The molecule has 154 valence electrons. The minimum absolute atomic E-state index is 0.0201. The zero-order chi connectivity index (χ0) is 20.6. The number of rotatable bonds is 6. The first kappa shape index (κ1) is 20.6. The normalized spacial score (nSPS) is 15.1. The van der Waals surface area contributed by atoms with E-state index >= 15 is 0 Å². The quantitative estimate of drug-likeness (QED) is 0.787. The SMILES string of the molecule is CC(C)C(NC(=O)N1CCN(c2ccccc2)CC1)C(=O)NCc1ccccn1. The van der Waals surface area contributed by atoms with Gasteiger partial charge >= 0.3 is 6.03 Å². The van der Waals surface area contributed by atoms with Crippen LogP contribution in [0.2, 0.25) is 0 Å². The summed E-state index contributed by atoms with van der Waals surface area (Å²) in [5.74, 6) is -0.213. The summed E-state index contributed by atoms with van der Waals surface area (Å²) in [4.78, 5) is 33.6. The number of para-hydroxylation sites is 1. The molecular formula is C22H29N5O2. The van der Waals surface area contributed by atoms with Gasteiger partial charge in [-0.1, -0.05) is 38.1 Å². The van der Waals surface area contributed by atoms with Crippen LogP contribution in [0.5, 0.6) is 0 Å². The number of nitrogens with zero attached hydrogens (tertiary/aromatic N) is 3. The smallest absolute Gasteiger partial charge is 0.318 e. The van der Waals surface area contributed by atoms with Crippen LogP contribution in [0.4, 0.5) is 10.5 Å². The van der Waals surface area contributed by atoms with E-state index in [2.05, 4.69) is 32.7 Å². The summed E-state index contributed by atoms with van der Waals surface area (Å²) in [7, 11) is 0. The molecule has 1 aliphatic heterocycles. The van der Waals surface area contributed by atoms with Crippen molar-refractivity contribution in [2.24, 2.45) is 5.92 Å². The highest BCUT2D eigenvalue weighted by Gasteiger charge is 2.28. The molecule has 2 heterocycles. The minimum atomic E-state index is -0.585. The molecule has 0 bridgehead atoms. The van der Waals surface area contributed by atoms with E-state index < -0.39 is 6.04 Å². The third-order valence-corrected chi connectivity index (χ3v) is 5.09. The number of carbonyl (C=O) groups excluding carboxylic acids is 2. The molecule has 29 heavy (non-hydrogen) atoms. The van der Waals surface area contributed by atoms with Gasteiger partial charge in [0.25, 0.3) is 0 Å². The Bertz CT molecular complexity index is 789. The molecule has 0 saturated carbocycles. The highest BCUT2D eigenvalue weighted by Crippen LogP contribution is 2.15. The molecule has 1 saturated heterocycles. The second-order valence-electron chi connectivity index (χ2n) is 7.52. The van der Waals surface area contributed by atoms with E-state index in [4.69, 9.17) is 0 Å². The van der Waals surface area contributed by atoms with Crippen LogP contribution < -0.4 is 15.5 Å². The molecule has 1 aromatic carbocycles. The van der Waals surface area contributed by atoms with Crippen molar-refractivity contribution in [2.75, 3.05) is 31.1 Å². The van der Waals surface area contributed by atoms with Crippen molar-refractivity contribution in [2.45, 2.75) is 26.4 Å². The Morgan fingerprint density at radius 1 is 1.00 bits per heavy atom. The van der Waals surface area contributed by atoms with Gasteiger partial charge in [-0.25, -0.2) is 4.79 Å². The van der Waals surface area contributed by atoms with Crippen LogP contribution in [0.1, 0.15) is 19.5 Å². The molecule has 2 aromatic rings. The van der Waals surface area contributed by atoms with E-state index in [0.717, 1.165) is 18.8 Å². The summed E-state index contributed by atoms with van der Waals surface area (Å²) < 4.78 is 0. The van der Waals surface area contributed by atoms with Crippen LogP contribution in [0.3, 0.4) is 0 Å². The summed E-state index contributed by atoms with van der Waals surface area (Å²) in [6, 6.07) is 15.0. The van der Waals surface area contributed by atoms with E-state index in [1.807, 2.05) is 50.2 Å². The lowest BCUT2D eigenvalue weighted by atomic mass is 10.0. The first-order chi connectivity index (χ1) is 14.0. The molecule has 7 nitrogen and oxygen atoms in total. The second kappa shape index (κ2) is 9.91. The molecule has 0 aliphatic carbocycles. The average molecular weight is 396 g/mol. The highest BCUT2D eigenvalue weighted by atomic mass is 16.2. The fourth-order valence-corrected chi connectivity index (χ4v) is 3.36. The fraction of sp³-hybridized carbons (Fsp3) is 0.409. The molecule has 1 fully saturated rings. The number of anilines is 1. The second-order valence-corrected chi connectivity index (χ2v) is 7.52. The number of nitrogens with one attached hydrogen (secondary N) is 2. The number of piperazine rings is 1. The zero-order valence-electron chi connectivity index (χ0n) is 17.0. The summed E-state index contributed by atoms with van der Waals surface area (Å²) >= 11 is 0. The number of hydrogen-bond acceptors (Lipinski definition) is 4. The molecule has 3 amide bonds. The lowest BCUT2D eigenvalue weighted by Crippen LogP contribution is -2.57. The monoisotopic (exact) mass is 395 g/mol. The van der Waals surface area contributed by atoms with Crippen LogP contribution in [0.25, 0.3) is 0 Å². The summed E-state index contributed by atoms with van der Waals surface area (Å²) in [5.41, 5.74) is 1.95. The maximum Gasteiger partial charge on any atom is 0.318 e. The van der Waals surface area contributed by atoms with Gasteiger partial charge < -0.3 is 20.4 Å². The number of hydrogen-bond donors (Lipinski definition) is 2. The molecule has 2 N–H and O–H groups in total. The van der Waals surface area contributed by atoms with E-state index in [0.29, 0.717) is 19.6 Å². The Kier molecular flexibility index (Phi) is 7.05. The minimum Gasteiger partial charge on any atom is -0.368 e. The Balaban J connectivity index is 1.51. The zero-order valence-corrected chi connectivity index (χ0v) is 17.0. The molecular weight excluding hydrogens is 366 g/mol. The van der Waals surface area contributed by atoms with Crippen LogP contribution in [0.15, 0.2) is 54.7 Å². The summed E-state index contributed by atoms with van der Waals surface area (Å²) in [6.07, 6.45) is 1.69. The van der Waals surface area contributed by atoms with Gasteiger partial charge in [-0.3, -0.25) is 9.78 Å². The number of benzene rings is 1. The van der Waals surface area contributed by atoms with Crippen molar-refractivity contribution in [1.29, 1.82) is 0 Å². The molecule has 0 spiro atoms. The first-order valence-corrected chi connectivity index (χ1v) is 10.1. The van der Waals surface area contributed by atoms with E-state index in [9.17, 15) is 9.59 Å². The maximum atomic E-state index is 12.7. The van der Waals surface area contributed by atoms with Crippen LogP contribution >= 0.6 is 0 Å². The van der Waals surface area contributed by atoms with Gasteiger partial charge in [0.15, 0.2) is 0 Å². The largest absolute Gasteiger partial charge is 0.368 e. The van der Waals surface area contributed by atoms with Crippen molar-refractivity contribution < 1.29 is 9.59 Å². The van der Waals surface area contributed by atoms with E-state index in [-0.39, 0.29) is 17.9 Å². The Morgan fingerprint density at radius 2 is 1.69 bits per heavy atom. The molecule has 1 unspecified atom stereocenters. The summed E-state index contributed by atoms with van der Waals surface area (Å²) in [6.45, 7) is 7.00. The van der Waals surface area contributed by atoms with Crippen molar-refractivity contribution >= 4 is 17.6 Å². The average Bonchev–Trinajstić information content (AvgIpc) is 2.77.